The lowest BCUT2D eigenvalue weighted by Crippen LogP contribution is -2.07. The van der Waals surface area contributed by atoms with E-state index in [4.69, 9.17) is 0 Å². The quantitative estimate of drug-likeness (QED) is 0.871. The van der Waals surface area contributed by atoms with Crippen LogP contribution in [-0.2, 0) is 0 Å². The van der Waals surface area contributed by atoms with Gasteiger partial charge in [-0.15, -0.1) is 5.10 Å². The molecule has 1 N–H and O–H groups in total. The number of nitrogens with one attached hydrogen (secondary N) is 1. The second-order valence-corrected chi connectivity index (χ2v) is 4.82. The van der Waals surface area contributed by atoms with Crippen LogP contribution in [0.25, 0.3) is 10.8 Å². The lowest BCUT2D eigenvalue weighted by atomic mass is 10.2. The molecule has 0 radical (unpaired) electrons. The Morgan fingerprint density at radius 1 is 1.35 bits per heavy atom. The molecule has 1 aliphatic rings. The summed E-state index contributed by atoms with van der Waals surface area (Å²) in [4.78, 5) is 0. The fourth-order valence-electron chi connectivity index (χ4n) is 2.42. The van der Waals surface area contributed by atoms with Crippen LogP contribution in [0.15, 0.2) is 30.5 Å². The van der Waals surface area contributed by atoms with Crippen molar-refractivity contribution in [2.45, 2.75) is 32.2 Å². The van der Waals surface area contributed by atoms with Gasteiger partial charge in [0.2, 0.25) is 0 Å². The molecule has 3 heteroatoms. The summed E-state index contributed by atoms with van der Waals surface area (Å²) in [5.41, 5.74) is 0. The highest BCUT2D eigenvalue weighted by atomic mass is 15.2. The Bertz CT molecular complexity index is 518. The van der Waals surface area contributed by atoms with Gasteiger partial charge in [-0.3, -0.25) is 0 Å². The Morgan fingerprint density at radius 3 is 3.12 bits per heavy atom. The summed E-state index contributed by atoms with van der Waals surface area (Å²) >= 11 is 0. The smallest absolute Gasteiger partial charge is 0.156 e. The molecule has 1 aromatic carbocycles. The first-order valence-corrected chi connectivity index (χ1v) is 6.35. The number of anilines is 1. The van der Waals surface area contributed by atoms with Crippen LogP contribution in [-0.4, -0.2) is 16.2 Å². The number of fused-ring (bicyclic) bond motifs is 1. The summed E-state index contributed by atoms with van der Waals surface area (Å²) in [5, 5.41) is 14.1. The maximum atomic E-state index is 4.22. The first-order valence-electron chi connectivity index (χ1n) is 6.35. The van der Waals surface area contributed by atoms with Crippen molar-refractivity contribution in [3.63, 3.8) is 0 Å². The van der Waals surface area contributed by atoms with Gasteiger partial charge < -0.3 is 5.32 Å². The molecule has 1 heterocycles. The molecular weight excluding hydrogens is 210 g/mol. The summed E-state index contributed by atoms with van der Waals surface area (Å²) in [7, 11) is 0. The average Bonchev–Trinajstić information content (AvgIpc) is 3.08. The van der Waals surface area contributed by atoms with Crippen molar-refractivity contribution in [1.29, 1.82) is 0 Å². The standard InChI is InChI=1S/C14H17N3/c1-2-5-10-8-13(10)16-14-12-7-4-3-6-11(12)9-15-17-14/h3-4,6-7,9-10,13H,2,5,8H2,1H3,(H,16,17). The van der Waals surface area contributed by atoms with Gasteiger partial charge in [-0.2, -0.15) is 5.10 Å². The Kier molecular flexibility index (Phi) is 2.67. The van der Waals surface area contributed by atoms with Gasteiger partial charge in [0.1, 0.15) is 0 Å². The molecule has 2 atom stereocenters. The van der Waals surface area contributed by atoms with Gasteiger partial charge in [0.25, 0.3) is 0 Å². The molecule has 0 aliphatic heterocycles. The van der Waals surface area contributed by atoms with E-state index in [0.717, 1.165) is 17.1 Å². The van der Waals surface area contributed by atoms with E-state index in [0.29, 0.717) is 6.04 Å². The van der Waals surface area contributed by atoms with Gasteiger partial charge >= 0.3 is 0 Å². The van der Waals surface area contributed by atoms with E-state index in [9.17, 15) is 0 Å². The van der Waals surface area contributed by atoms with E-state index in [1.807, 2.05) is 18.3 Å². The molecule has 2 unspecified atom stereocenters. The van der Waals surface area contributed by atoms with Crippen molar-refractivity contribution in [2.24, 2.45) is 5.92 Å². The molecule has 0 spiro atoms. The molecule has 1 saturated carbocycles. The third-order valence-electron chi connectivity index (χ3n) is 3.47. The van der Waals surface area contributed by atoms with Crippen molar-refractivity contribution in [2.75, 3.05) is 5.32 Å². The fraction of sp³-hybridized carbons (Fsp3) is 0.429. The molecule has 1 aliphatic carbocycles. The third-order valence-corrected chi connectivity index (χ3v) is 3.47. The van der Waals surface area contributed by atoms with Gasteiger partial charge in [-0.05, 0) is 18.8 Å². The first kappa shape index (κ1) is 10.5. The molecule has 2 aromatic rings. The van der Waals surface area contributed by atoms with Crippen molar-refractivity contribution in [3.05, 3.63) is 30.5 Å². The number of nitrogens with zero attached hydrogens (tertiary/aromatic N) is 2. The van der Waals surface area contributed by atoms with Crippen molar-refractivity contribution in [3.8, 4) is 0 Å². The molecular formula is C14H17N3. The Balaban J connectivity index is 1.82. The van der Waals surface area contributed by atoms with Gasteiger partial charge in [-0.25, -0.2) is 0 Å². The number of benzene rings is 1. The molecule has 0 saturated heterocycles. The van der Waals surface area contributed by atoms with Crippen molar-refractivity contribution < 1.29 is 0 Å². The van der Waals surface area contributed by atoms with Crippen LogP contribution in [0.3, 0.4) is 0 Å². The largest absolute Gasteiger partial charge is 0.365 e. The van der Waals surface area contributed by atoms with E-state index >= 15 is 0 Å². The number of aromatic nitrogens is 2. The zero-order valence-electron chi connectivity index (χ0n) is 10.1. The lowest BCUT2D eigenvalue weighted by molar-refractivity contribution is 0.692. The summed E-state index contributed by atoms with van der Waals surface area (Å²) in [5.74, 6) is 1.77. The van der Waals surface area contributed by atoms with Gasteiger partial charge in [0.05, 0.1) is 6.20 Å². The molecule has 0 amide bonds. The van der Waals surface area contributed by atoms with Crippen LogP contribution in [0.5, 0.6) is 0 Å². The number of hydrogen-bond donors (Lipinski definition) is 1. The normalized spacial score (nSPS) is 22.6. The Hall–Kier alpha value is -1.64. The fourth-order valence-corrected chi connectivity index (χ4v) is 2.42. The van der Waals surface area contributed by atoms with E-state index < -0.39 is 0 Å². The highest BCUT2D eigenvalue weighted by Gasteiger charge is 2.36. The minimum Gasteiger partial charge on any atom is -0.365 e. The molecule has 3 nitrogen and oxygen atoms in total. The summed E-state index contributed by atoms with van der Waals surface area (Å²) in [6.45, 7) is 2.24. The summed E-state index contributed by atoms with van der Waals surface area (Å²) < 4.78 is 0. The van der Waals surface area contributed by atoms with Crippen LogP contribution < -0.4 is 5.32 Å². The predicted molar refractivity (Wildman–Crippen MR) is 70.0 cm³/mol. The van der Waals surface area contributed by atoms with Crippen molar-refractivity contribution >= 4 is 16.6 Å². The van der Waals surface area contributed by atoms with Crippen LogP contribution in [0.2, 0.25) is 0 Å². The van der Waals surface area contributed by atoms with E-state index in [2.05, 4.69) is 34.6 Å². The second kappa shape index (κ2) is 4.32. The molecule has 88 valence electrons. The van der Waals surface area contributed by atoms with E-state index in [1.165, 1.54) is 24.6 Å². The molecule has 1 fully saturated rings. The van der Waals surface area contributed by atoms with Crippen LogP contribution in [0.4, 0.5) is 5.82 Å². The monoisotopic (exact) mass is 227 g/mol. The zero-order valence-corrected chi connectivity index (χ0v) is 10.1. The topological polar surface area (TPSA) is 37.8 Å². The third kappa shape index (κ3) is 2.09. The van der Waals surface area contributed by atoms with E-state index in [-0.39, 0.29) is 0 Å². The first-order chi connectivity index (χ1) is 8.38. The average molecular weight is 227 g/mol. The highest BCUT2D eigenvalue weighted by molar-refractivity contribution is 5.91. The maximum absolute atomic E-state index is 4.22. The number of hydrogen-bond acceptors (Lipinski definition) is 3. The summed E-state index contributed by atoms with van der Waals surface area (Å²) in [6.07, 6.45) is 5.68. The Morgan fingerprint density at radius 2 is 2.24 bits per heavy atom. The van der Waals surface area contributed by atoms with Gasteiger partial charge in [0, 0.05) is 16.8 Å². The van der Waals surface area contributed by atoms with Gasteiger partial charge in [-0.1, -0.05) is 37.6 Å². The van der Waals surface area contributed by atoms with Crippen LogP contribution in [0, 0.1) is 5.92 Å². The molecule has 3 rings (SSSR count). The molecule has 1 aromatic heterocycles. The highest BCUT2D eigenvalue weighted by Crippen LogP contribution is 2.37. The maximum Gasteiger partial charge on any atom is 0.156 e. The SMILES string of the molecule is CCCC1CC1Nc1nncc2ccccc12. The minimum atomic E-state index is 0.607. The lowest BCUT2D eigenvalue weighted by Gasteiger charge is -2.07. The van der Waals surface area contributed by atoms with E-state index in [1.54, 1.807) is 0 Å². The van der Waals surface area contributed by atoms with Gasteiger partial charge in [0.15, 0.2) is 5.82 Å². The minimum absolute atomic E-state index is 0.607. The zero-order chi connectivity index (χ0) is 11.7. The second-order valence-electron chi connectivity index (χ2n) is 4.82. The van der Waals surface area contributed by atoms with Crippen molar-refractivity contribution in [1.82, 2.24) is 10.2 Å². The Labute approximate surface area is 101 Å². The summed E-state index contributed by atoms with van der Waals surface area (Å²) in [6, 6.07) is 8.86. The van der Waals surface area contributed by atoms with Crippen LogP contribution in [0.1, 0.15) is 26.2 Å². The molecule has 0 bridgehead atoms. The number of rotatable bonds is 4. The predicted octanol–water partition coefficient (Wildman–Crippen LogP) is 3.23. The molecule has 17 heavy (non-hydrogen) atoms. The van der Waals surface area contributed by atoms with Crippen LogP contribution >= 0.6 is 0 Å².